The maximum absolute atomic E-state index is 13.0. The zero-order chi connectivity index (χ0) is 19.7. The predicted octanol–water partition coefficient (Wildman–Crippen LogP) is 1.28. The molecular formula is C20H24ClN3O5. The Morgan fingerprint density at radius 1 is 1.03 bits per heavy atom. The van der Waals surface area contributed by atoms with Gasteiger partial charge in [-0.15, -0.1) is 12.4 Å². The van der Waals surface area contributed by atoms with Gasteiger partial charge in [-0.1, -0.05) is 6.07 Å². The van der Waals surface area contributed by atoms with Crippen molar-refractivity contribution < 1.29 is 23.9 Å². The Morgan fingerprint density at radius 3 is 2.52 bits per heavy atom. The summed E-state index contributed by atoms with van der Waals surface area (Å²) < 4.78 is 5.88. The number of ether oxygens (including phenoxy) is 1. The average Bonchev–Trinajstić information content (AvgIpc) is 2.94. The van der Waals surface area contributed by atoms with Crippen LogP contribution < -0.4 is 15.4 Å². The molecule has 0 aliphatic carbocycles. The van der Waals surface area contributed by atoms with E-state index in [-0.39, 0.29) is 42.3 Å². The number of carbonyl (C=O) groups is 4. The van der Waals surface area contributed by atoms with E-state index < -0.39 is 23.8 Å². The molecule has 4 amide bonds. The number of hydrogen-bond donors (Lipinski definition) is 2. The summed E-state index contributed by atoms with van der Waals surface area (Å²) in [5.74, 6) is -1.08. The van der Waals surface area contributed by atoms with Crippen molar-refractivity contribution in [1.82, 2.24) is 15.5 Å². The number of piperidine rings is 2. The van der Waals surface area contributed by atoms with E-state index in [4.69, 9.17) is 4.74 Å². The van der Waals surface area contributed by atoms with E-state index in [0.717, 1.165) is 37.3 Å². The van der Waals surface area contributed by atoms with Crippen LogP contribution in [0.4, 0.5) is 0 Å². The highest BCUT2D eigenvalue weighted by atomic mass is 35.5. The summed E-state index contributed by atoms with van der Waals surface area (Å²) in [5, 5.41) is 5.53. The number of nitrogens with one attached hydrogen (secondary N) is 2. The Bertz CT molecular complexity index is 837. The SMILES string of the molecule is Cl.O=C1CCC(N2C(=O)c3cccc(OCCC4CCNCC4)c3C2=O)C(=O)N1. The van der Waals surface area contributed by atoms with Gasteiger partial charge in [0.25, 0.3) is 11.8 Å². The van der Waals surface area contributed by atoms with E-state index in [1.807, 2.05) is 0 Å². The van der Waals surface area contributed by atoms with Crippen LogP contribution in [0.1, 0.15) is 52.8 Å². The zero-order valence-electron chi connectivity index (χ0n) is 15.9. The number of amides is 4. The van der Waals surface area contributed by atoms with Gasteiger partial charge in [0.05, 0.1) is 17.7 Å². The minimum absolute atomic E-state index is 0. The zero-order valence-corrected chi connectivity index (χ0v) is 16.8. The van der Waals surface area contributed by atoms with Crippen LogP contribution in [0.2, 0.25) is 0 Å². The van der Waals surface area contributed by atoms with E-state index in [1.54, 1.807) is 18.2 Å². The second kappa shape index (κ2) is 8.92. The van der Waals surface area contributed by atoms with Crippen molar-refractivity contribution in [2.75, 3.05) is 19.7 Å². The molecule has 0 saturated carbocycles. The minimum Gasteiger partial charge on any atom is -0.493 e. The van der Waals surface area contributed by atoms with E-state index in [1.165, 1.54) is 0 Å². The Kier molecular flexibility index (Phi) is 6.54. The normalized spacial score (nSPS) is 22.2. The fraction of sp³-hybridized carbons (Fsp3) is 0.500. The number of fused-ring (bicyclic) bond motifs is 1. The lowest BCUT2D eigenvalue weighted by Crippen LogP contribution is -2.54. The molecule has 8 nitrogen and oxygen atoms in total. The number of imide groups is 2. The Hall–Kier alpha value is -2.45. The molecule has 3 aliphatic heterocycles. The van der Waals surface area contributed by atoms with Crippen LogP contribution >= 0.6 is 12.4 Å². The van der Waals surface area contributed by atoms with Crippen molar-refractivity contribution in [1.29, 1.82) is 0 Å². The summed E-state index contributed by atoms with van der Waals surface area (Å²) in [4.78, 5) is 50.2. The summed E-state index contributed by atoms with van der Waals surface area (Å²) >= 11 is 0. The van der Waals surface area contributed by atoms with Gasteiger partial charge >= 0.3 is 0 Å². The molecule has 0 aromatic heterocycles. The molecule has 1 aromatic carbocycles. The van der Waals surface area contributed by atoms with Crippen LogP contribution in [0.3, 0.4) is 0 Å². The predicted molar refractivity (Wildman–Crippen MR) is 106 cm³/mol. The van der Waals surface area contributed by atoms with Crippen molar-refractivity contribution in [2.24, 2.45) is 5.92 Å². The first-order valence-corrected chi connectivity index (χ1v) is 9.74. The van der Waals surface area contributed by atoms with Crippen molar-refractivity contribution in [3.8, 4) is 5.75 Å². The molecule has 9 heteroatoms. The summed E-state index contributed by atoms with van der Waals surface area (Å²) in [6, 6.07) is 3.96. The first-order valence-electron chi connectivity index (χ1n) is 9.74. The molecule has 29 heavy (non-hydrogen) atoms. The smallest absolute Gasteiger partial charge is 0.266 e. The molecule has 1 atom stereocenters. The Labute approximate surface area is 174 Å². The minimum atomic E-state index is -0.965. The molecule has 3 heterocycles. The molecule has 0 bridgehead atoms. The second-order valence-corrected chi connectivity index (χ2v) is 7.46. The Morgan fingerprint density at radius 2 is 1.79 bits per heavy atom. The molecule has 1 aromatic rings. The van der Waals surface area contributed by atoms with Crippen LogP contribution in [-0.4, -0.2) is 54.3 Å². The average molecular weight is 422 g/mol. The van der Waals surface area contributed by atoms with Gasteiger partial charge < -0.3 is 10.1 Å². The number of hydrogen-bond acceptors (Lipinski definition) is 6. The van der Waals surface area contributed by atoms with Gasteiger partial charge in [-0.05, 0) is 56.8 Å². The molecule has 2 fully saturated rings. The molecule has 156 valence electrons. The standard InChI is InChI=1S/C20H23N3O5.ClH/c24-16-5-4-14(18(25)22-16)23-19(26)13-2-1-3-15(17(13)20(23)27)28-11-8-12-6-9-21-10-7-12;/h1-3,12,14,21H,4-11H2,(H,22,24,25);1H. The highest BCUT2D eigenvalue weighted by Crippen LogP contribution is 2.33. The van der Waals surface area contributed by atoms with Gasteiger partial charge in [-0.3, -0.25) is 29.4 Å². The molecule has 0 radical (unpaired) electrons. The maximum Gasteiger partial charge on any atom is 0.266 e. The molecule has 1 unspecified atom stereocenters. The highest BCUT2D eigenvalue weighted by molar-refractivity contribution is 6.24. The summed E-state index contributed by atoms with van der Waals surface area (Å²) in [7, 11) is 0. The highest BCUT2D eigenvalue weighted by Gasteiger charge is 2.45. The summed E-state index contributed by atoms with van der Waals surface area (Å²) in [5.41, 5.74) is 0.455. The monoisotopic (exact) mass is 421 g/mol. The lowest BCUT2D eigenvalue weighted by molar-refractivity contribution is -0.136. The number of rotatable bonds is 5. The van der Waals surface area contributed by atoms with Crippen molar-refractivity contribution in [3.05, 3.63) is 29.3 Å². The van der Waals surface area contributed by atoms with Gasteiger partial charge in [0.2, 0.25) is 11.8 Å². The van der Waals surface area contributed by atoms with Crippen molar-refractivity contribution in [2.45, 2.75) is 38.1 Å². The quantitative estimate of drug-likeness (QED) is 0.694. The fourth-order valence-electron chi connectivity index (χ4n) is 4.11. The molecule has 3 aliphatic rings. The summed E-state index contributed by atoms with van der Waals surface area (Å²) in [6.45, 7) is 2.50. The lowest BCUT2D eigenvalue weighted by Gasteiger charge is -2.27. The van der Waals surface area contributed by atoms with E-state index in [9.17, 15) is 19.2 Å². The van der Waals surface area contributed by atoms with Gasteiger partial charge in [0.15, 0.2) is 0 Å². The first kappa shape index (κ1) is 21.3. The van der Waals surface area contributed by atoms with Crippen LogP contribution in [0, 0.1) is 5.92 Å². The fourth-order valence-corrected chi connectivity index (χ4v) is 4.11. The van der Waals surface area contributed by atoms with Gasteiger partial charge in [-0.25, -0.2) is 0 Å². The molecule has 2 N–H and O–H groups in total. The number of benzene rings is 1. The molecule has 2 saturated heterocycles. The van der Waals surface area contributed by atoms with Crippen LogP contribution in [-0.2, 0) is 9.59 Å². The van der Waals surface area contributed by atoms with Gasteiger partial charge in [0, 0.05) is 6.42 Å². The molecular weight excluding hydrogens is 398 g/mol. The van der Waals surface area contributed by atoms with Crippen LogP contribution in [0.25, 0.3) is 0 Å². The van der Waals surface area contributed by atoms with E-state index in [2.05, 4.69) is 10.6 Å². The third-order valence-electron chi connectivity index (χ3n) is 5.67. The third kappa shape index (κ3) is 4.13. The molecule has 4 rings (SSSR count). The van der Waals surface area contributed by atoms with Gasteiger partial charge in [0.1, 0.15) is 11.8 Å². The van der Waals surface area contributed by atoms with Crippen molar-refractivity contribution in [3.63, 3.8) is 0 Å². The Balaban J connectivity index is 0.00000240. The lowest BCUT2D eigenvalue weighted by atomic mass is 9.95. The number of nitrogens with zero attached hydrogens (tertiary/aromatic N) is 1. The molecule has 0 spiro atoms. The number of halogens is 1. The van der Waals surface area contributed by atoms with E-state index in [0.29, 0.717) is 18.3 Å². The topological polar surface area (TPSA) is 105 Å². The van der Waals surface area contributed by atoms with Crippen LogP contribution in [0.15, 0.2) is 18.2 Å². The van der Waals surface area contributed by atoms with Crippen LogP contribution in [0.5, 0.6) is 5.75 Å². The second-order valence-electron chi connectivity index (χ2n) is 7.46. The first-order chi connectivity index (χ1) is 13.6. The number of carbonyl (C=O) groups excluding carboxylic acids is 4. The van der Waals surface area contributed by atoms with Gasteiger partial charge in [-0.2, -0.15) is 0 Å². The summed E-state index contributed by atoms with van der Waals surface area (Å²) in [6.07, 6.45) is 3.35. The largest absolute Gasteiger partial charge is 0.493 e. The third-order valence-corrected chi connectivity index (χ3v) is 5.67. The maximum atomic E-state index is 13.0. The van der Waals surface area contributed by atoms with Crippen molar-refractivity contribution >= 4 is 36.0 Å². The van der Waals surface area contributed by atoms with E-state index >= 15 is 0 Å².